The number of anilines is 1. The third kappa shape index (κ3) is 3.35. The van der Waals surface area contributed by atoms with Gasteiger partial charge in [0, 0.05) is 5.69 Å². The first-order valence-electron chi connectivity index (χ1n) is 7.34. The largest absolute Gasteiger partial charge is 0.409 e. The molecule has 0 fully saturated rings. The topological polar surface area (TPSA) is 87.7 Å². The zero-order valence-electron chi connectivity index (χ0n) is 13.2. The van der Waals surface area contributed by atoms with Crippen molar-refractivity contribution in [3.63, 3.8) is 0 Å². The van der Waals surface area contributed by atoms with Gasteiger partial charge in [-0.2, -0.15) is 0 Å². The number of rotatable bonds is 6. The monoisotopic (exact) mass is 291 g/mol. The molecule has 21 heavy (non-hydrogen) atoms. The number of amidine groups is 1. The van der Waals surface area contributed by atoms with E-state index < -0.39 is 5.41 Å². The summed E-state index contributed by atoms with van der Waals surface area (Å²) in [6.07, 6.45) is 2.11. The number of nitrogens with zero attached hydrogens (tertiary/aromatic N) is 1. The van der Waals surface area contributed by atoms with Crippen LogP contribution >= 0.6 is 0 Å². The molecule has 1 rings (SSSR count). The van der Waals surface area contributed by atoms with Crippen LogP contribution in [-0.2, 0) is 17.6 Å². The number of para-hydroxylation sites is 1. The summed E-state index contributed by atoms with van der Waals surface area (Å²) >= 11 is 0. The van der Waals surface area contributed by atoms with Crippen LogP contribution in [0.25, 0.3) is 0 Å². The Hall–Kier alpha value is -2.04. The van der Waals surface area contributed by atoms with Crippen molar-refractivity contribution in [1.29, 1.82) is 0 Å². The van der Waals surface area contributed by atoms with E-state index in [1.807, 2.05) is 39.0 Å². The maximum Gasteiger partial charge on any atom is 0.238 e. The van der Waals surface area contributed by atoms with E-state index in [1.165, 1.54) is 0 Å². The fourth-order valence-corrected chi connectivity index (χ4v) is 2.22. The van der Waals surface area contributed by atoms with Crippen molar-refractivity contribution < 1.29 is 10.0 Å². The molecule has 0 heterocycles. The first-order valence-corrected chi connectivity index (χ1v) is 7.34. The Balaban J connectivity index is 3.19. The van der Waals surface area contributed by atoms with E-state index >= 15 is 0 Å². The van der Waals surface area contributed by atoms with Crippen molar-refractivity contribution >= 4 is 17.4 Å². The van der Waals surface area contributed by atoms with E-state index in [9.17, 15) is 4.79 Å². The lowest BCUT2D eigenvalue weighted by molar-refractivity contribution is -0.121. The number of hydrogen-bond acceptors (Lipinski definition) is 3. The number of nitrogens with two attached hydrogens (primary N) is 1. The third-order valence-electron chi connectivity index (χ3n) is 4.12. The molecule has 5 heteroatoms. The summed E-state index contributed by atoms with van der Waals surface area (Å²) < 4.78 is 0. The van der Waals surface area contributed by atoms with Gasteiger partial charge in [-0.1, -0.05) is 44.1 Å². The molecule has 0 aromatic heterocycles. The van der Waals surface area contributed by atoms with Crippen LogP contribution in [0.1, 0.15) is 45.2 Å². The van der Waals surface area contributed by atoms with Gasteiger partial charge >= 0.3 is 0 Å². The normalized spacial score (nSPS) is 14.6. The van der Waals surface area contributed by atoms with Crippen molar-refractivity contribution in [2.45, 2.75) is 47.0 Å². The van der Waals surface area contributed by atoms with E-state index in [1.54, 1.807) is 6.92 Å². The highest BCUT2D eigenvalue weighted by Crippen LogP contribution is 2.28. The standard InChI is InChI=1S/C16H25N3O2/c1-5-11-9-8-10-12(6-2)13(11)18-15(20)16(4,7-3)14(17)19-21/h8-10,21H,5-7H2,1-4H3,(H2,17,19)(H,18,20). The maximum atomic E-state index is 12.6. The second-order valence-corrected chi connectivity index (χ2v) is 5.28. The van der Waals surface area contributed by atoms with E-state index in [2.05, 4.69) is 10.5 Å². The minimum atomic E-state index is -1.03. The number of hydrogen-bond donors (Lipinski definition) is 3. The molecule has 1 atom stereocenters. The Morgan fingerprint density at radius 2 is 1.81 bits per heavy atom. The second kappa shape index (κ2) is 7.11. The molecule has 5 nitrogen and oxygen atoms in total. The average molecular weight is 291 g/mol. The van der Waals surface area contributed by atoms with Gasteiger partial charge in [0.05, 0.1) is 0 Å². The molecular formula is C16H25N3O2. The van der Waals surface area contributed by atoms with Crippen LogP contribution in [0.2, 0.25) is 0 Å². The number of aryl methyl sites for hydroxylation is 2. The van der Waals surface area contributed by atoms with Crippen LogP contribution in [0.4, 0.5) is 5.69 Å². The van der Waals surface area contributed by atoms with Gasteiger partial charge in [0.2, 0.25) is 5.91 Å². The van der Waals surface area contributed by atoms with Gasteiger partial charge in [0.1, 0.15) is 5.41 Å². The van der Waals surface area contributed by atoms with Gasteiger partial charge in [0.25, 0.3) is 0 Å². The Bertz CT molecular complexity index is 518. The minimum Gasteiger partial charge on any atom is -0.409 e. The summed E-state index contributed by atoms with van der Waals surface area (Å²) in [5, 5.41) is 14.9. The van der Waals surface area contributed by atoms with Gasteiger partial charge in [-0.25, -0.2) is 0 Å². The number of carbonyl (C=O) groups excluding carboxylic acids is 1. The number of carbonyl (C=O) groups is 1. The highest BCUT2D eigenvalue weighted by atomic mass is 16.4. The lowest BCUT2D eigenvalue weighted by atomic mass is 9.85. The predicted molar refractivity (Wildman–Crippen MR) is 85.6 cm³/mol. The summed E-state index contributed by atoms with van der Waals surface area (Å²) in [6.45, 7) is 7.61. The molecular weight excluding hydrogens is 266 g/mol. The van der Waals surface area contributed by atoms with Crippen LogP contribution in [0.5, 0.6) is 0 Å². The Morgan fingerprint density at radius 3 is 2.19 bits per heavy atom. The van der Waals surface area contributed by atoms with Crippen LogP contribution in [0.15, 0.2) is 23.4 Å². The molecule has 0 aliphatic carbocycles. The minimum absolute atomic E-state index is 0.0745. The van der Waals surface area contributed by atoms with Gasteiger partial charge in [0.15, 0.2) is 5.84 Å². The zero-order chi connectivity index (χ0) is 16.0. The number of oxime groups is 1. The summed E-state index contributed by atoms with van der Waals surface area (Å²) in [7, 11) is 0. The molecule has 1 unspecified atom stereocenters. The van der Waals surface area contributed by atoms with E-state index in [-0.39, 0.29) is 11.7 Å². The maximum absolute atomic E-state index is 12.6. The van der Waals surface area contributed by atoms with Gasteiger partial charge < -0.3 is 16.3 Å². The number of benzene rings is 1. The van der Waals surface area contributed by atoms with E-state index in [0.29, 0.717) is 6.42 Å². The zero-order valence-corrected chi connectivity index (χ0v) is 13.2. The van der Waals surface area contributed by atoms with Crippen molar-refractivity contribution in [2.75, 3.05) is 5.32 Å². The van der Waals surface area contributed by atoms with Crippen LogP contribution < -0.4 is 11.1 Å². The van der Waals surface area contributed by atoms with E-state index in [4.69, 9.17) is 10.9 Å². The average Bonchev–Trinajstić information content (AvgIpc) is 2.53. The van der Waals surface area contributed by atoms with Crippen LogP contribution in [0, 0.1) is 5.41 Å². The fraction of sp³-hybridized carbons (Fsp3) is 0.500. The Morgan fingerprint density at radius 1 is 1.29 bits per heavy atom. The summed E-state index contributed by atoms with van der Waals surface area (Å²) in [5.41, 5.74) is 7.68. The molecule has 0 aliphatic rings. The Labute approximate surface area is 126 Å². The number of nitrogens with one attached hydrogen (secondary N) is 1. The van der Waals surface area contributed by atoms with Gasteiger partial charge in [-0.3, -0.25) is 4.79 Å². The number of amides is 1. The third-order valence-corrected chi connectivity index (χ3v) is 4.12. The first-order chi connectivity index (χ1) is 9.94. The summed E-state index contributed by atoms with van der Waals surface area (Å²) in [5.74, 6) is -0.328. The molecule has 0 spiro atoms. The molecule has 1 aromatic rings. The van der Waals surface area contributed by atoms with Crippen molar-refractivity contribution in [2.24, 2.45) is 16.3 Å². The fourth-order valence-electron chi connectivity index (χ4n) is 2.22. The van der Waals surface area contributed by atoms with Crippen molar-refractivity contribution in [3.8, 4) is 0 Å². The highest BCUT2D eigenvalue weighted by Gasteiger charge is 2.36. The SMILES string of the molecule is CCc1cccc(CC)c1NC(=O)C(C)(CC)/C(N)=N/O. The lowest BCUT2D eigenvalue weighted by Crippen LogP contribution is -2.44. The summed E-state index contributed by atoms with van der Waals surface area (Å²) in [4.78, 5) is 12.6. The quantitative estimate of drug-likeness (QED) is 0.326. The van der Waals surface area contributed by atoms with Crippen LogP contribution in [0.3, 0.4) is 0 Å². The van der Waals surface area contributed by atoms with Gasteiger partial charge in [-0.05, 0) is 37.3 Å². The molecule has 0 aliphatic heterocycles. The van der Waals surface area contributed by atoms with Gasteiger partial charge in [-0.15, -0.1) is 0 Å². The summed E-state index contributed by atoms with van der Waals surface area (Å²) in [6, 6.07) is 6.00. The van der Waals surface area contributed by atoms with Crippen molar-refractivity contribution in [3.05, 3.63) is 29.3 Å². The smallest absolute Gasteiger partial charge is 0.238 e. The molecule has 1 amide bonds. The van der Waals surface area contributed by atoms with Crippen molar-refractivity contribution in [1.82, 2.24) is 0 Å². The Kier molecular flexibility index (Phi) is 5.76. The molecule has 4 N–H and O–H groups in total. The molecule has 0 saturated carbocycles. The molecule has 116 valence electrons. The van der Waals surface area contributed by atoms with E-state index in [0.717, 1.165) is 29.7 Å². The van der Waals surface area contributed by atoms with Crippen LogP contribution in [-0.4, -0.2) is 17.0 Å². The lowest BCUT2D eigenvalue weighted by Gasteiger charge is -2.26. The molecule has 0 saturated heterocycles. The molecule has 0 bridgehead atoms. The highest BCUT2D eigenvalue weighted by molar-refractivity contribution is 6.11. The predicted octanol–water partition coefficient (Wildman–Crippen LogP) is 2.91. The molecule has 1 aromatic carbocycles. The molecule has 0 radical (unpaired) electrons. The first kappa shape index (κ1) is 17.0. The second-order valence-electron chi connectivity index (χ2n) is 5.28.